The van der Waals surface area contributed by atoms with Crippen LogP contribution in [0.15, 0.2) is 18.2 Å². The molecule has 0 aromatic heterocycles. The zero-order valence-electron chi connectivity index (χ0n) is 9.26. The summed E-state index contributed by atoms with van der Waals surface area (Å²) in [5.74, 6) is -1.19. The molecule has 88 valence electrons. The molecule has 0 unspecified atom stereocenters. The summed E-state index contributed by atoms with van der Waals surface area (Å²) in [5.41, 5.74) is 6.81. The first-order valence-electron chi connectivity index (χ1n) is 5.89. The van der Waals surface area contributed by atoms with Crippen molar-refractivity contribution in [3.63, 3.8) is 0 Å². The van der Waals surface area contributed by atoms with Crippen molar-refractivity contribution in [1.82, 2.24) is 0 Å². The molecular weight excluding hydrogens is 208 g/mol. The predicted molar refractivity (Wildman–Crippen MR) is 59.9 cm³/mol. The van der Waals surface area contributed by atoms with Gasteiger partial charge in [-0.2, -0.15) is 0 Å². The van der Waals surface area contributed by atoms with Crippen molar-refractivity contribution >= 4 is 0 Å². The Morgan fingerprint density at radius 1 is 1.06 bits per heavy atom. The predicted octanol–water partition coefficient (Wildman–Crippen LogP) is 3.54. The van der Waals surface area contributed by atoms with Crippen LogP contribution in [0.5, 0.6) is 0 Å². The fourth-order valence-corrected chi connectivity index (χ4v) is 2.49. The van der Waals surface area contributed by atoms with Crippen LogP contribution in [0.2, 0.25) is 0 Å². The molecule has 16 heavy (non-hydrogen) atoms. The molecule has 0 bridgehead atoms. The van der Waals surface area contributed by atoms with E-state index in [4.69, 9.17) is 5.73 Å². The lowest BCUT2D eigenvalue weighted by molar-refractivity contribution is 0.307. The standard InChI is InChI=1S/C13H17F2N/c14-11-7-6-10(8-12(11)15)13(16)9-4-2-1-3-5-9/h6-9,13H,1-5,16H2/t13-/m1/s1. The molecule has 2 rings (SSSR count). The van der Waals surface area contributed by atoms with Crippen LogP contribution in [0.4, 0.5) is 8.78 Å². The Balaban J connectivity index is 2.12. The lowest BCUT2D eigenvalue weighted by Gasteiger charge is -2.27. The maximum absolute atomic E-state index is 13.1. The van der Waals surface area contributed by atoms with Gasteiger partial charge >= 0.3 is 0 Å². The smallest absolute Gasteiger partial charge is 0.159 e. The van der Waals surface area contributed by atoms with E-state index in [1.54, 1.807) is 6.07 Å². The van der Waals surface area contributed by atoms with Crippen molar-refractivity contribution in [2.45, 2.75) is 38.1 Å². The number of halogens is 2. The van der Waals surface area contributed by atoms with Gasteiger partial charge in [-0.15, -0.1) is 0 Å². The third kappa shape index (κ3) is 2.40. The number of benzene rings is 1. The van der Waals surface area contributed by atoms with Gasteiger partial charge in [-0.05, 0) is 36.5 Å². The SMILES string of the molecule is N[C@@H](c1ccc(F)c(F)c1)C1CCCCC1. The van der Waals surface area contributed by atoms with Crippen molar-refractivity contribution in [3.05, 3.63) is 35.4 Å². The Morgan fingerprint density at radius 3 is 2.38 bits per heavy atom. The lowest BCUT2D eigenvalue weighted by Crippen LogP contribution is -2.23. The van der Waals surface area contributed by atoms with Crippen LogP contribution < -0.4 is 5.73 Å². The maximum Gasteiger partial charge on any atom is 0.159 e. The summed E-state index contributed by atoms with van der Waals surface area (Å²) in [4.78, 5) is 0. The molecule has 0 aliphatic heterocycles. The Bertz CT molecular complexity index is 359. The Hall–Kier alpha value is -0.960. The van der Waals surface area contributed by atoms with E-state index >= 15 is 0 Å². The number of hydrogen-bond donors (Lipinski definition) is 1. The molecule has 1 atom stereocenters. The molecule has 0 spiro atoms. The zero-order valence-corrected chi connectivity index (χ0v) is 9.26. The molecule has 3 heteroatoms. The highest BCUT2D eigenvalue weighted by Crippen LogP contribution is 2.33. The van der Waals surface area contributed by atoms with E-state index in [-0.39, 0.29) is 6.04 Å². The summed E-state index contributed by atoms with van der Waals surface area (Å²) in [7, 11) is 0. The molecule has 0 saturated heterocycles. The second kappa shape index (κ2) is 4.91. The van der Waals surface area contributed by atoms with Crippen molar-refractivity contribution < 1.29 is 8.78 Å². The molecule has 1 aromatic carbocycles. The second-order valence-electron chi connectivity index (χ2n) is 4.60. The summed E-state index contributed by atoms with van der Waals surface area (Å²) in [6.07, 6.45) is 5.85. The summed E-state index contributed by atoms with van der Waals surface area (Å²) in [5, 5.41) is 0. The topological polar surface area (TPSA) is 26.0 Å². The van der Waals surface area contributed by atoms with Crippen LogP contribution in [0, 0.1) is 17.6 Å². The molecule has 1 aliphatic carbocycles. The van der Waals surface area contributed by atoms with Crippen molar-refractivity contribution in [2.75, 3.05) is 0 Å². The molecule has 0 heterocycles. The van der Waals surface area contributed by atoms with Gasteiger partial charge in [-0.1, -0.05) is 25.3 Å². The minimum Gasteiger partial charge on any atom is -0.324 e. The highest BCUT2D eigenvalue weighted by molar-refractivity contribution is 5.21. The van der Waals surface area contributed by atoms with Gasteiger partial charge in [0, 0.05) is 6.04 Å². The first-order chi connectivity index (χ1) is 7.68. The largest absolute Gasteiger partial charge is 0.324 e. The van der Waals surface area contributed by atoms with Crippen molar-refractivity contribution in [2.24, 2.45) is 11.7 Å². The quantitative estimate of drug-likeness (QED) is 0.818. The van der Waals surface area contributed by atoms with E-state index in [0.717, 1.165) is 18.9 Å². The van der Waals surface area contributed by atoms with Gasteiger partial charge in [-0.25, -0.2) is 8.78 Å². The van der Waals surface area contributed by atoms with Crippen molar-refractivity contribution in [3.8, 4) is 0 Å². The van der Waals surface area contributed by atoms with Gasteiger partial charge in [0.1, 0.15) is 0 Å². The number of nitrogens with two attached hydrogens (primary N) is 1. The van der Waals surface area contributed by atoms with Gasteiger partial charge in [-0.3, -0.25) is 0 Å². The highest BCUT2D eigenvalue weighted by Gasteiger charge is 2.22. The summed E-state index contributed by atoms with van der Waals surface area (Å²) in [6.45, 7) is 0. The second-order valence-corrected chi connectivity index (χ2v) is 4.60. The summed E-state index contributed by atoms with van der Waals surface area (Å²) in [6, 6.07) is 3.83. The normalized spacial score (nSPS) is 19.7. The molecule has 2 N–H and O–H groups in total. The van der Waals surface area contributed by atoms with Crippen LogP contribution in [0.1, 0.15) is 43.7 Å². The third-order valence-electron chi connectivity index (χ3n) is 3.49. The summed E-state index contributed by atoms with van der Waals surface area (Å²) < 4.78 is 25.9. The number of rotatable bonds is 2. The molecule has 1 nitrogen and oxygen atoms in total. The summed E-state index contributed by atoms with van der Waals surface area (Å²) >= 11 is 0. The van der Waals surface area contributed by atoms with E-state index in [2.05, 4.69) is 0 Å². The number of hydrogen-bond acceptors (Lipinski definition) is 1. The van der Waals surface area contributed by atoms with Gasteiger partial charge < -0.3 is 5.73 Å². The Morgan fingerprint density at radius 2 is 1.75 bits per heavy atom. The highest BCUT2D eigenvalue weighted by atomic mass is 19.2. The lowest BCUT2D eigenvalue weighted by atomic mass is 9.81. The molecule has 1 saturated carbocycles. The molecular formula is C13H17F2N. The fourth-order valence-electron chi connectivity index (χ4n) is 2.49. The molecule has 1 aliphatic rings. The van der Waals surface area contributed by atoms with Crippen LogP contribution in [-0.2, 0) is 0 Å². The van der Waals surface area contributed by atoms with Gasteiger partial charge in [0.05, 0.1) is 0 Å². The van der Waals surface area contributed by atoms with Crippen LogP contribution >= 0.6 is 0 Å². The maximum atomic E-state index is 13.1. The van der Waals surface area contributed by atoms with Crippen LogP contribution in [0.3, 0.4) is 0 Å². The van der Waals surface area contributed by atoms with E-state index < -0.39 is 11.6 Å². The van der Waals surface area contributed by atoms with E-state index in [0.29, 0.717) is 11.5 Å². The zero-order chi connectivity index (χ0) is 11.5. The average Bonchev–Trinajstić information content (AvgIpc) is 2.33. The molecule has 1 aromatic rings. The van der Waals surface area contributed by atoms with Crippen LogP contribution in [-0.4, -0.2) is 0 Å². The van der Waals surface area contributed by atoms with Gasteiger partial charge in [0.15, 0.2) is 11.6 Å². The monoisotopic (exact) mass is 225 g/mol. The minimum atomic E-state index is -0.806. The minimum absolute atomic E-state index is 0.157. The Labute approximate surface area is 94.7 Å². The molecule has 0 radical (unpaired) electrons. The van der Waals surface area contributed by atoms with Crippen molar-refractivity contribution in [1.29, 1.82) is 0 Å². The molecule has 0 amide bonds. The van der Waals surface area contributed by atoms with Gasteiger partial charge in [0.2, 0.25) is 0 Å². The van der Waals surface area contributed by atoms with Crippen LogP contribution in [0.25, 0.3) is 0 Å². The van der Waals surface area contributed by atoms with E-state index in [9.17, 15) is 8.78 Å². The first kappa shape index (κ1) is 11.5. The van der Waals surface area contributed by atoms with E-state index in [1.165, 1.54) is 25.3 Å². The average molecular weight is 225 g/mol. The first-order valence-corrected chi connectivity index (χ1v) is 5.89. The van der Waals surface area contributed by atoms with Gasteiger partial charge in [0.25, 0.3) is 0 Å². The van der Waals surface area contributed by atoms with E-state index in [1.807, 2.05) is 0 Å². The fraction of sp³-hybridized carbons (Fsp3) is 0.538. The molecule has 1 fully saturated rings. The Kier molecular flexibility index (Phi) is 3.54. The third-order valence-corrected chi connectivity index (χ3v) is 3.49.